The second-order valence-electron chi connectivity index (χ2n) is 7.75. The summed E-state index contributed by atoms with van der Waals surface area (Å²) in [4.78, 5) is 36.2. The van der Waals surface area contributed by atoms with Crippen LogP contribution in [0.2, 0.25) is 0 Å². The molecule has 1 aliphatic rings. The van der Waals surface area contributed by atoms with Crippen molar-refractivity contribution in [1.82, 2.24) is 10.6 Å². The molecule has 2 aromatic rings. The summed E-state index contributed by atoms with van der Waals surface area (Å²) in [5.41, 5.74) is 2.87. The highest BCUT2D eigenvalue weighted by molar-refractivity contribution is 5.92. The summed E-state index contributed by atoms with van der Waals surface area (Å²) in [6.45, 7) is 2.72. The van der Waals surface area contributed by atoms with Gasteiger partial charge in [0.05, 0.1) is 6.61 Å². The van der Waals surface area contributed by atoms with E-state index in [4.69, 9.17) is 14.6 Å². The summed E-state index contributed by atoms with van der Waals surface area (Å²) >= 11 is 0. The molecule has 8 nitrogen and oxygen atoms in total. The molecule has 0 radical (unpaired) electrons. The lowest BCUT2D eigenvalue weighted by Gasteiger charge is -2.29. The second-order valence-corrected chi connectivity index (χ2v) is 7.75. The van der Waals surface area contributed by atoms with Crippen LogP contribution in [0, 0.1) is 0 Å². The Morgan fingerprint density at radius 2 is 1.61 bits per heavy atom. The van der Waals surface area contributed by atoms with E-state index in [1.54, 1.807) is 0 Å². The van der Waals surface area contributed by atoms with Gasteiger partial charge in [-0.3, -0.25) is 9.59 Å². The molecule has 1 aliphatic carbocycles. The number of hydrogen-bond donors (Lipinski definition) is 3. The first-order valence-corrected chi connectivity index (χ1v) is 9.92. The fourth-order valence-corrected chi connectivity index (χ4v) is 3.72. The summed E-state index contributed by atoms with van der Waals surface area (Å²) in [6, 6.07) is 14.8. The maximum absolute atomic E-state index is 12.6. The lowest BCUT2D eigenvalue weighted by molar-refractivity contribution is -0.142. The van der Waals surface area contributed by atoms with Gasteiger partial charge in [0.25, 0.3) is 0 Å². The predicted octanol–water partition coefficient (Wildman–Crippen LogP) is 2.52. The third-order valence-corrected chi connectivity index (χ3v) is 5.37. The van der Waals surface area contributed by atoms with Crippen molar-refractivity contribution in [2.75, 3.05) is 20.3 Å². The van der Waals surface area contributed by atoms with Gasteiger partial charge in [-0.1, -0.05) is 48.5 Å². The molecule has 2 aromatic carbocycles. The minimum atomic E-state index is -1.50. The van der Waals surface area contributed by atoms with Gasteiger partial charge in [0.15, 0.2) is 0 Å². The van der Waals surface area contributed by atoms with E-state index in [1.807, 2.05) is 48.5 Å². The molecule has 2 unspecified atom stereocenters. The van der Waals surface area contributed by atoms with Crippen LogP contribution in [-0.4, -0.2) is 55.0 Å². The van der Waals surface area contributed by atoms with Crippen molar-refractivity contribution in [3.8, 4) is 11.1 Å². The highest BCUT2D eigenvalue weighted by Crippen LogP contribution is 2.44. The Kier molecular flexibility index (Phi) is 6.60. The molecule has 8 heteroatoms. The van der Waals surface area contributed by atoms with E-state index >= 15 is 0 Å². The molecule has 2 amide bonds. The first-order valence-electron chi connectivity index (χ1n) is 9.92. The summed E-state index contributed by atoms with van der Waals surface area (Å²) in [5, 5.41) is 13.9. The SMILES string of the molecule is COCC(C)(NC(=O)OCC1c2ccccc2-c2ccccc21)C(=O)NC(C)C(=O)O. The Bertz CT molecular complexity index is 946. The van der Waals surface area contributed by atoms with Gasteiger partial charge >= 0.3 is 12.1 Å². The van der Waals surface area contributed by atoms with Gasteiger partial charge in [-0.25, -0.2) is 4.79 Å². The quantitative estimate of drug-likeness (QED) is 0.598. The normalized spacial score (nSPS) is 15.2. The van der Waals surface area contributed by atoms with E-state index in [1.165, 1.54) is 21.0 Å². The molecule has 0 bridgehead atoms. The van der Waals surface area contributed by atoms with Crippen LogP contribution in [0.3, 0.4) is 0 Å². The van der Waals surface area contributed by atoms with E-state index in [2.05, 4.69) is 10.6 Å². The molecule has 3 N–H and O–H groups in total. The maximum Gasteiger partial charge on any atom is 0.408 e. The fourth-order valence-electron chi connectivity index (χ4n) is 3.72. The van der Waals surface area contributed by atoms with Crippen LogP contribution in [0.25, 0.3) is 11.1 Å². The first-order chi connectivity index (χ1) is 14.8. The Balaban J connectivity index is 1.70. The van der Waals surface area contributed by atoms with Gasteiger partial charge in [0.2, 0.25) is 5.91 Å². The minimum Gasteiger partial charge on any atom is -0.480 e. The first kappa shape index (κ1) is 22.3. The number of rotatable bonds is 8. The Morgan fingerprint density at radius 1 is 1.06 bits per heavy atom. The van der Waals surface area contributed by atoms with Crippen molar-refractivity contribution in [1.29, 1.82) is 0 Å². The van der Waals surface area contributed by atoms with Crippen LogP contribution < -0.4 is 10.6 Å². The Morgan fingerprint density at radius 3 is 2.13 bits per heavy atom. The predicted molar refractivity (Wildman–Crippen MR) is 114 cm³/mol. The third-order valence-electron chi connectivity index (χ3n) is 5.37. The van der Waals surface area contributed by atoms with Gasteiger partial charge in [-0.2, -0.15) is 0 Å². The van der Waals surface area contributed by atoms with Crippen molar-refractivity contribution < 1.29 is 29.0 Å². The zero-order valence-corrected chi connectivity index (χ0v) is 17.7. The van der Waals surface area contributed by atoms with E-state index in [0.717, 1.165) is 22.3 Å². The summed E-state index contributed by atoms with van der Waals surface area (Å²) in [7, 11) is 1.38. The monoisotopic (exact) mass is 426 g/mol. The number of alkyl carbamates (subject to hydrolysis) is 1. The number of methoxy groups -OCH3 is 1. The summed E-state index contributed by atoms with van der Waals surface area (Å²) in [6.07, 6.45) is -0.792. The molecule has 0 spiro atoms. The highest BCUT2D eigenvalue weighted by atomic mass is 16.5. The molecule has 2 atom stereocenters. The van der Waals surface area contributed by atoms with Gasteiger partial charge in [0.1, 0.15) is 18.2 Å². The molecule has 0 heterocycles. The number of carbonyl (C=O) groups excluding carboxylic acids is 2. The number of aliphatic carboxylic acids is 1. The summed E-state index contributed by atoms with van der Waals surface area (Å²) < 4.78 is 10.5. The molecule has 0 aliphatic heterocycles. The molecule has 3 rings (SSSR count). The molecule has 0 saturated carbocycles. The Labute approximate surface area is 180 Å². The molecular weight excluding hydrogens is 400 g/mol. The number of carbonyl (C=O) groups is 3. The van der Waals surface area contributed by atoms with E-state index in [9.17, 15) is 14.4 Å². The summed E-state index contributed by atoms with van der Waals surface area (Å²) in [5.74, 6) is -1.99. The number of carboxylic acid groups (broad SMARTS) is 1. The van der Waals surface area contributed by atoms with E-state index < -0.39 is 29.6 Å². The van der Waals surface area contributed by atoms with E-state index in [0.29, 0.717) is 0 Å². The van der Waals surface area contributed by atoms with Crippen LogP contribution >= 0.6 is 0 Å². The highest BCUT2D eigenvalue weighted by Gasteiger charge is 2.38. The van der Waals surface area contributed by atoms with Crippen LogP contribution in [0.15, 0.2) is 48.5 Å². The molecular formula is C23H26N2O6. The molecule has 0 fully saturated rings. The van der Waals surface area contributed by atoms with Crippen molar-refractivity contribution >= 4 is 18.0 Å². The van der Waals surface area contributed by atoms with Gasteiger partial charge in [-0.05, 0) is 36.1 Å². The van der Waals surface area contributed by atoms with Crippen molar-refractivity contribution in [2.24, 2.45) is 0 Å². The standard InChI is InChI=1S/C23H26N2O6/c1-14(20(26)27)24-21(28)23(2,13-30-3)25-22(29)31-12-19-17-10-6-4-8-15(17)16-9-5-7-11-18(16)19/h4-11,14,19H,12-13H2,1-3H3,(H,24,28)(H,25,29)(H,26,27). The van der Waals surface area contributed by atoms with Gasteiger partial charge in [-0.15, -0.1) is 0 Å². The second kappa shape index (κ2) is 9.18. The van der Waals surface area contributed by atoms with Crippen LogP contribution in [0.4, 0.5) is 4.79 Å². The molecule has 0 saturated heterocycles. The van der Waals surface area contributed by atoms with Gasteiger partial charge in [0, 0.05) is 13.0 Å². The minimum absolute atomic E-state index is 0.0933. The maximum atomic E-state index is 12.6. The van der Waals surface area contributed by atoms with Gasteiger partial charge < -0.3 is 25.2 Å². The number of hydrogen-bond acceptors (Lipinski definition) is 5. The largest absolute Gasteiger partial charge is 0.480 e. The molecule has 31 heavy (non-hydrogen) atoms. The average molecular weight is 426 g/mol. The van der Waals surface area contributed by atoms with Crippen molar-refractivity contribution in [3.05, 3.63) is 59.7 Å². The number of carboxylic acids is 1. The zero-order chi connectivity index (χ0) is 22.6. The Hall–Kier alpha value is -3.39. The van der Waals surface area contributed by atoms with Crippen LogP contribution in [0.1, 0.15) is 30.9 Å². The average Bonchev–Trinajstić information content (AvgIpc) is 3.06. The lowest BCUT2D eigenvalue weighted by atomic mass is 9.98. The number of fused-ring (bicyclic) bond motifs is 3. The number of amides is 2. The number of ether oxygens (including phenoxy) is 2. The van der Waals surface area contributed by atoms with Crippen molar-refractivity contribution in [2.45, 2.75) is 31.3 Å². The topological polar surface area (TPSA) is 114 Å². The smallest absolute Gasteiger partial charge is 0.408 e. The fraction of sp³-hybridized carbons (Fsp3) is 0.348. The third kappa shape index (κ3) is 4.69. The lowest BCUT2D eigenvalue weighted by Crippen LogP contribution is -2.61. The zero-order valence-electron chi connectivity index (χ0n) is 17.7. The molecule has 164 valence electrons. The van der Waals surface area contributed by atoms with E-state index in [-0.39, 0.29) is 19.1 Å². The number of benzene rings is 2. The van der Waals surface area contributed by atoms with Crippen LogP contribution in [0.5, 0.6) is 0 Å². The van der Waals surface area contributed by atoms with Crippen LogP contribution in [-0.2, 0) is 19.1 Å². The number of nitrogens with one attached hydrogen (secondary N) is 2. The molecule has 0 aromatic heterocycles. The van der Waals surface area contributed by atoms with Crippen molar-refractivity contribution in [3.63, 3.8) is 0 Å².